The van der Waals surface area contributed by atoms with Crippen molar-refractivity contribution in [1.29, 1.82) is 0 Å². The van der Waals surface area contributed by atoms with E-state index >= 15 is 0 Å². The molecule has 0 unspecified atom stereocenters. The summed E-state index contributed by atoms with van der Waals surface area (Å²) >= 11 is 0. The average Bonchev–Trinajstić information content (AvgIpc) is 2.69. The first kappa shape index (κ1) is 20.1. The lowest BCUT2D eigenvalue weighted by molar-refractivity contribution is 0.0376. The first-order valence-corrected chi connectivity index (χ1v) is 8.81. The van der Waals surface area contributed by atoms with Crippen LogP contribution in [0, 0.1) is 0 Å². The molecule has 1 fully saturated rings. The lowest BCUT2D eigenvalue weighted by Crippen LogP contribution is -2.39. The molecule has 0 aliphatic carbocycles. The van der Waals surface area contributed by atoms with Crippen LogP contribution in [0.2, 0.25) is 0 Å². The Morgan fingerprint density at radius 1 is 1.15 bits per heavy atom. The molecule has 8 heteroatoms. The number of morpholine rings is 1. The van der Waals surface area contributed by atoms with E-state index in [2.05, 4.69) is 15.2 Å². The molecule has 1 aromatic carbocycles. The number of ether oxygens (including phenoxy) is 4. The van der Waals surface area contributed by atoms with Gasteiger partial charge in [0, 0.05) is 25.2 Å². The summed E-state index contributed by atoms with van der Waals surface area (Å²) in [6, 6.07) is 3.73. The molecular weight excluding hydrogens is 336 g/mol. The van der Waals surface area contributed by atoms with Crippen LogP contribution in [-0.2, 0) is 11.3 Å². The van der Waals surface area contributed by atoms with E-state index in [1.54, 1.807) is 21.3 Å². The molecule has 1 aliphatic heterocycles. The van der Waals surface area contributed by atoms with Gasteiger partial charge in [-0.2, -0.15) is 0 Å². The van der Waals surface area contributed by atoms with Gasteiger partial charge in [-0.05, 0) is 25.1 Å². The van der Waals surface area contributed by atoms with E-state index in [9.17, 15) is 0 Å². The Morgan fingerprint density at radius 2 is 1.88 bits per heavy atom. The fraction of sp³-hybridized carbons (Fsp3) is 0.611. The summed E-state index contributed by atoms with van der Waals surface area (Å²) in [5, 5.41) is 3.15. The highest BCUT2D eigenvalue weighted by atomic mass is 16.5. The van der Waals surface area contributed by atoms with Crippen molar-refractivity contribution in [2.24, 2.45) is 10.7 Å². The minimum absolute atomic E-state index is 0.395. The lowest BCUT2D eigenvalue weighted by Gasteiger charge is -2.26. The Morgan fingerprint density at radius 3 is 2.54 bits per heavy atom. The Hall–Kier alpha value is -2.19. The third-order valence-electron chi connectivity index (χ3n) is 4.27. The number of methoxy groups -OCH3 is 3. The molecule has 3 N–H and O–H groups in total. The fourth-order valence-electron chi connectivity index (χ4n) is 2.86. The molecular formula is C18H30N4O4. The monoisotopic (exact) mass is 366 g/mol. The summed E-state index contributed by atoms with van der Waals surface area (Å²) in [7, 11) is 4.77. The van der Waals surface area contributed by atoms with Crippen LogP contribution >= 0.6 is 0 Å². The van der Waals surface area contributed by atoms with Gasteiger partial charge in [0.25, 0.3) is 0 Å². The summed E-state index contributed by atoms with van der Waals surface area (Å²) in [4.78, 5) is 6.79. The van der Waals surface area contributed by atoms with Gasteiger partial charge < -0.3 is 30.0 Å². The molecule has 1 saturated heterocycles. The van der Waals surface area contributed by atoms with E-state index in [0.29, 0.717) is 29.8 Å². The molecule has 0 saturated carbocycles. The molecule has 146 valence electrons. The van der Waals surface area contributed by atoms with Gasteiger partial charge in [-0.15, -0.1) is 0 Å². The summed E-state index contributed by atoms with van der Waals surface area (Å²) in [5.41, 5.74) is 6.85. The van der Waals surface area contributed by atoms with E-state index in [1.165, 1.54) is 0 Å². The summed E-state index contributed by atoms with van der Waals surface area (Å²) in [6.45, 7) is 5.87. The predicted octanol–water partition coefficient (Wildman–Crippen LogP) is 0.839. The number of hydrogen-bond donors (Lipinski definition) is 2. The van der Waals surface area contributed by atoms with Crippen LogP contribution < -0.4 is 25.3 Å². The Balaban J connectivity index is 1.83. The standard InChI is InChI=1S/C18H30N4O4/c1-23-15-6-5-14(16(24-2)17(15)25-3)13-21-18(19)20-7-4-8-22-9-11-26-12-10-22/h5-6H,4,7-13H2,1-3H3,(H3,19,20,21). The molecule has 0 spiro atoms. The van der Waals surface area contributed by atoms with Crippen molar-refractivity contribution in [3.63, 3.8) is 0 Å². The lowest BCUT2D eigenvalue weighted by atomic mass is 10.1. The van der Waals surface area contributed by atoms with Crippen LogP contribution in [0.1, 0.15) is 12.0 Å². The molecule has 0 atom stereocenters. The molecule has 1 heterocycles. The molecule has 2 rings (SSSR count). The van der Waals surface area contributed by atoms with Gasteiger partial charge in [0.15, 0.2) is 17.5 Å². The maximum absolute atomic E-state index is 5.97. The fourth-order valence-corrected chi connectivity index (χ4v) is 2.86. The molecule has 26 heavy (non-hydrogen) atoms. The van der Waals surface area contributed by atoms with E-state index in [1.807, 2.05) is 12.1 Å². The zero-order chi connectivity index (χ0) is 18.8. The van der Waals surface area contributed by atoms with Crippen LogP contribution in [0.4, 0.5) is 0 Å². The second kappa shape index (κ2) is 10.7. The van der Waals surface area contributed by atoms with Crippen molar-refractivity contribution in [3.05, 3.63) is 17.7 Å². The topological polar surface area (TPSA) is 90.6 Å². The third kappa shape index (κ3) is 5.67. The normalized spacial score (nSPS) is 15.6. The second-order valence-electron chi connectivity index (χ2n) is 5.93. The molecule has 8 nitrogen and oxygen atoms in total. The van der Waals surface area contributed by atoms with Gasteiger partial charge in [0.2, 0.25) is 5.75 Å². The number of nitrogens with two attached hydrogens (primary N) is 1. The molecule has 0 amide bonds. The maximum Gasteiger partial charge on any atom is 0.203 e. The number of nitrogens with zero attached hydrogens (tertiary/aromatic N) is 2. The predicted molar refractivity (Wildman–Crippen MR) is 101 cm³/mol. The van der Waals surface area contributed by atoms with E-state index in [4.69, 9.17) is 24.7 Å². The molecule has 0 bridgehead atoms. The largest absolute Gasteiger partial charge is 0.493 e. The second-order valence-corrected chi connectivity index (χ2v) is 5.93. The van der Waals surface area contributed by atoms with Crippen LogP contribution in [0.15, 0.2) is 17.1 Å². The van der Waals surface area contributed by atoms with Gasteiger partial charge in [-0.1, -0.05) is 0 Å². The van der Waals surface area contributed by atoms with E-state index in [0.717, 1.165) is 51.4 Å². The quantitative estimate of drug-likeness (QED) is 0.380. The van der Waals surface area contributed by atoms with E-state index < -0.39 is 0 Å². The zero-order valence-electron chi connectivity index (χ0n) is 15.9. The summed E-state index contributed by atoms with van der Waals surface area (Å²) < 4.78 is 21.5. The third-order valence-corrected chi connectivity index (χ3v) is 4.27. The Labute approximate surface area is 155 Å². The molecule has 0 aromatic heterocycles. The van der Waals surface area contributed by atoms with Gasteiger partial charge in [-0.25, -0.2) is 4.99 Å². The van der Waals surface area contributed by atoms with Crippen LogP contribution in [0.25, 0.3) is 0 Å². The van der Waals surface area contributed by atoms with Crippen molar-refractivity contribution in [2.75, 3.05) is 60.7 Å². The highest BCUT2D eigenvalue weighted by molar-refractivity contribution is 5.77. The minimum atomic E-state index is 0.395. The van der Waals surface area contributed by atoms with Crippen molar-refractivity contribution >= 4 is 5.96 Å². The highest BCUT2D eigenvalue weighted by Gasteiger charge is 2.15. The molecule has 1 aliphatic rings. The van der Waals surface area contributed by atoms with E-state index in [-0.39, 0.29) is 0 Å². The molecule has 1 aromatic rings. The minimum Gasteiger partial charge on any atom is -0.493 e. The van der Waals surface area contributed by atoms with Crippen LogP contribution in [0.5, 0.6) is 17.2 Å². The number of aliphatic imine (C=N–C) groups is 1. The summed E-state index contributed by atoms with van der Waals surface area (Å²) in [6.07, 6.45) is 1.01. The van der Waals surface area contributed by atoms with Crippen molar-refractivity contribution in [2.45, 2.75) is 13.0 Å². The number of rotatable bonds is 9. The van der Waals surface area contributed by atoms with Crippen LogP contribution in [-0.4, -0.2) is 71.6 Å². The van der Waals surface area contributed by atoms with Gasteiger partial charge >= 0.3 is 0 Å². The summed E-state index contributed by atoms with van der Waals surface area (Å²) in [5.74, 6) is 2.20. The van der Waals surface area contributed by atoms with Crippen molar-refractivity contribution in [1.82, 2.24) is 10.2 Å². The first-order chi connectivity index (χ1) is 12.7. The van der Waals surface area contributed by atoms with Crippen LogP contribution in [0.3, 0.4) is 0 Å². The number of hydrogen-bond acceptors (Lipinski definition) is 6. The SMILES string of the molecule is COc1ccc(CN=C(N)NCCCN2CCOCC2)c(OC)c1OC. The highest BCUT2D eigenvalue weighted by Crippen LogP contribution is 2.39. The Bertz CT molecular complexity index is 589. The Kier molecular flexibility index (Phi) is 8.30. The smallest absolute Gasteiger partial charge is 0.203 e. The number of guanidine groups is 1. The zero-order valence-corrected chi connectivity index (χ0v) is 15.9. The van der Waals surface area contributed by atoms with Crippen molar-refractivity contribution < 1.29 is 18.9 Å². The number of benzene rings is 1. The van der Waals surface area contributed by atoms with Gasteiger partial charge in [0.1, 0.15) is 0 Å². The van der Waals surface area contributed by atoms with Gasteiger partial charge in [0.05, 0.1) is 41.1 Å². The van der Waals surface area contributed by atoms with Crippen molar-refractivity contribution in [3.8, 4) is 17.2 Å². The van der Waals surface area contributed by atoms with Gasteiger partial charge in [-0.3, -0.25) is 4.90 Å². The first-order valence-electron chi connectivity index (χ1n) is 8.81. The molecule has 0 radical (unpaired) electrons. The maximum atomic E-state index is 5.97. The number of nitrogens with one attached hydrogen (secondary N) is 1. The average molecular weight is 366 g/mol.